The summed E-state index contributed by atoms with van der Waals surface area (Å²) in [4.78, 5) is 0. The van der Waals surface area contributed by atoms with E-state index in [2.05, 4.69) is 37.2 Å². The third-order valence-electron chi connectivity index (χ3n) is 3.47. The van der Waals surface area contributed by atoms with E-state index in [-0.39, 0.29) is 18.0 Å². The zero-order chi connectivity index (χ0) is 15.6. The Morgan fingerprint density at radius 3 is 2.29 bits per heavy atom. The minimum Gasteiger partial charge on any atom is -0.313 e. The van der Waals surface area contributed by atoms with E-state index in [1.54, 1.807) is 7.05 Å². The van der Waals surface area contributed by atoms with Gasteiger partial charge in [-0.3, -0.25) is 0 Å². The Bertz CT molecular complexity index is 639. The van der Waals surface area contributed by atoms with Gasteiger partial charge >= 0.3 is 0 Å². The van der Waals surface area contributed by atoms with Crippen molar-refractivity contribution in [3.63, 3.8) is 0 Å². The highest BCUT2D eigenvalue weighted by atomic mass is 79.9. The summed E-state index contributed by atoms with van der Waals surface area (Å²) in [6, 6.07) is 7.71. The summed E-state index contributed by atoms with van der Waals surface area (Å²) in [5.74, 6) is -1.03. The molecule has 0 saturated carbocycles. The highest BCUT2D eigenvalue weighted by Gasteiger charge is 2.19. The van der Waals surface area contributed by atoms with Crippen LogP contribution in [0.25, 0.3) is 0 Å². The van der Waals surface area contributed by atoms with Crippen LogP contribution in [-0.2, 0) is 6.42 Å². The molecule has 0 radical (unpaired) electrons. The first kappa shape index (κ1) is 16.6. The number of likely N-dealkylation sites (N-methyl/N-ethyl adjacent to an activating group) is 1. The van der Waals surface area contributed by atoms with Crippen LogP contribution in [0.1, 0.15) is 22.7 Å². The smallest absolute Gasteiger partial charge is 0.129 e. The summed E-state index contributed by atoms with van der Waals surface area (Å²) in [6.07, 6.45) is 0.239. The predicted molar refractivity (Wildman–Crippen MR) is 88.4 cm³/mol. The molecule has 112 valence electrons. The number of rotatable bonds is 4. The van der Waals surface area contributed by atoms with Crippen molar-refractivity contribution in [1.82, 2.24) is 5.32 Å². The van der Waals surface area contributed by atoms with Gasteiger partial charge in [0.2, 0.25) is 0 Å². The second-order valence-corrected chi connectivity index (χ2v) is 6.58. The second-order valence-electron chi connectivity index (χ2n) is 4.87. The van der Waals surface area contributed by atoms with Crippen molar-refractivity contribution in [2.75, 3.05) is 7.05 Å². The van der Waals surface area contributed by atoms with Gasteiger partial charge in [-0.1, -0.05) is 37.9 Å². The minimum atomic E-state index is -0.516. The molecule has 0 bridgehead atoms. The van der Waals surface area contributed by atoms with E-state index in [9.17, 15) is 8.78 Å². The Balaban J connectivity index is 2.39. The topological polar surface area (TPSA) is 12.0 Å². The van der Waals surface area contributed by atoms with Gasteiger partial charge in [0.05, 0.1) is 0 Å². The molecule has 2 aromatic carbocycles. The first-order valence-electron chi connectivity index (χ1n) is 6.49. The molecule has 0 aliphatic carbocycles. The fraction of sp³-hybridized carbons (Fsp3) is 0.250. The van der Waals surface area contributed by atoms with Gasteiger partial charge < -0.3 is 5.32 Å². The molecule has 1 nitrogen and oxygen atoms in total. The van der Waals surface area contributed by atoms with E-state index in [4.69, 9.17) is 0 Å². The molecule has 0 fully saturated rings. The molecular weight excluding hydrogens is 404 g/mol. The maximum atomic E-state index is 13.8. The van der Waals surface area contributed by atoms with Gasteiger partial charge in [-0.2, -0.15) is 0 Å². The largest absolute Gasteiger partial charge is 0.313 e. The zero-order valence-corrected chi connectivity index (χ0v) is 14.9. The van der Waals surface area contributed by atoms with E-state index < -0.39 is 11.6 Å². The molecule has 1 atom stereocenters. The highest BCUT2D eigenvalue weighted by molar-refractivity contribution is 9.11. The van der Waals surface area contributed by atoms with Crippen molar-refractivity contribution in [3.05, 3.63) is 67.6 Å². The standard InChI is InChI=1S/C16H15Br2F2N/c1-9-6-13(18)10(7-12(9)17)16(21-2)8-11-14(19)4-3-5-15(11)20/h3-7,16,21H,8H2,1-2H3. The number of hydrogen-bond donors (Lipinski definition) is 1. The molecule has 0 aromatic heterocycles. The lowest BCUT2D eigenvalue weighted by molar-refractivity contribution is 0.514. The molecule has 2 rings (SSSR count). The molecule has 0 aliphatic heterocycles. The van der Waals surface area contributed by atoms with Crippen LogP contribution in [0.2, 0.25) is 0 Å². The van der Waals surface area contributed by atoms with Crippen LogP contribution in [0.4, 0.5) is 8.78 Å². The third kappa shape index (κ3) is 3.71. The Kier molecular flexibility index (Phi) is 5.52. The van der Waals surface area contributed by atoms with Gasteiger partial charge in [0.15, 0.2) is 0 Å². The van der Waals surface area contributed by atoms with E-state index in [0.29, 0.717) is 0 Å². The number of nitrogens with one attached hydrogen (secondary N) is 1. The number of aryl methyl sites for hydroxylation is 1. The van der Waals surface area contributed by atoms with Crippen LogP contribution < -0.4 is 5.32 Å². The van der Waals surface area contributed by atoms with Crippen molar-refractivity contribution < 1.29 is 8.78 Å². The minimum absolute atomic E-state index is 0.0976. The van der Waals surface area contributed by atoms with Crippen LogP contribution >= 0.6 is 31.9 Å². The maximum absolute atomic E-state index is 13.8. The van der Waals surface area contributed by atoms with E-state index in [0.717, 1.165) is 20.1 Å². The van der Waals surface area contributed by atoms with Gasteiger partial charge in [-0.15, -0.1) is 0 Å². The molecule has 5 heteroatoms. The Labute approximate surface area is 140 Å². The Morgan fingerprint density at radius 1 is 1.10 bits per heavy atom. The lowest BCUT2D eigenvalue weighted by Gasteiger charge is -2.20. The molecule has 0 spiro atoms. The van der Waals surface area contributed by atoms with E-state index in [1.165, 1.54) is 18.2 Å². The lowest BCUT2D eigenvalue weighted by Crippen LogP contribution is -2.20. The number of hydrogen-bond acceptors (Lipinski definition) is 1. The van der Waals surface area contributed by atoms with Crippen LogP contribution in [0.15, 0.2) is 39.3 Å². The Morgan fingerprint density at radius 2 is 1.71 bits per heavy atom. The van der Waals surface area contributed by atoms with Gasteiger partial charge in [-0.05, 0) is 55.8 Å². The van der Waals surface area contributed by atoms with Crippen molar-refractivity contribution in [2.45, 2.75) is 19.4 Å². The van der Waals surface area contributed by atoms with Crippen molar-refractivity contribution in [2.24, 2.45) is 0 Å². The zero-order valence-electron chi connectivity index (χ0n) is 11.7. The van der Waals surface area contributed by atoms with Crippen LogP contribution in [-0.4, -0.2) is 7.05 Å². The van der Waals surface area contributed by atoms with E-state index >= 15 is 0 Å². The summed E-state index contributed by atoms with van der Waals surface area (Å²) < 4.78 is 29.5. The molecule has 0 aliphatic rings. The fourth-order valence-electron chi connectivity index (χ4n) is 2.23. The summed E-state index contributed by atoms with van der Waals surface area (Å²) in [7, 11) is 1.78. The molecule has 1 N–H and O–H groups in total. The van der Waals surface area contributed by atoms with Crippen LogP contribution in [0, 0.1) is 18.6 Å². The number of benzene rings is 2. The molecule has 2 aromatic rings. The summed E-state index contributed by atoms with van der Waals surface area (Å²) >= 11 is 7.02. The first-order valence-corrected chi connectivity index (χ1v) is 8.08. The Hall–Kier alpha value is -0.780. The molecule has 21 heavy (non-hydrogen) atoms. The SMILES string of the molecule is CNC(Cc1c(F)cccc1F)c1cc(Br)c(C)cc1Br. The predicted octanol–water partition coefficient (Wildman–Crippen LogP) is 5.30. The fourth-order valence-corrected chi connectivity index (χ4v) is 3.32. The average molecular weight is 419 g/mol. The summed E-state index contributed by atoms with van der Waals surface area (Å²) in [5.41, 5.74) is 2.15. The first-order chi connectivity index (χ1) is 9.93. The molecule has 0 saturated heterocycles. The van der Waals surface area contributed by atoms with Gasteiger partial charge in [0.1, 0.15) is 11.6 Å². The summed E-state index contributed by atoms with van der Waals surface area (Å²) in [6.45, 7) is 1.99. The quantitative estimate of drug-likeness (QED) is 0.710. The normalized spacial score (nSPS) is 12.5. The van der Waals surface area contributed by atoms with Gasteiger partial charge in [-0.25, -0.2) is 8.78 Å². The van der Waals surface area contributed by atoms with Crippen molar-refractivity contribution in [1.29, 1.82) is 0 Å². The third-order valence-corrected chi connectivity index (χ3v) is 5.01. The summed E-state index contributed by atoms with van der Waals surface area (Å²) in [5, 5.41) is 3.12. The molecular formula is C16H15Br2F2N. The van der Waals surface area contributed by atoms with Gasteiger partial charge in [0.25, 0.3) is 0 Å². The molecule has 0 heterocycles. The lowest BCUT2D eigenvalue weighted by atomic mass is 9.97. The number of halogens is 4. The van der Waals surface area contributed by atoms with E-state index in [1.807, 2.05) is 19.1 Å². The molecule has 0 amide bonds. The monoisotopic (exact) mass is 417 g/mol. The van der Waals surface area contributed by atoms with Crippen molar-refractivity contribution in [3.8, 4) is 0 Å². The van der Waals surface area contributed by atoms with Crippen molar-refractivity contribution >= 4 is 31.9 Å². The van der Waals surface area contributed by atoms with Crippen LogP contribution in [0.5, 0.6) is 0 Å². The second kappa shape index (κ2) is 6.99. The highest BCUT2D eigenvalue weighted by Crippen LogP contribution is 2.32. The maximum Gasteiger partial charge on any atom is 0.129 e. The molecule has 1 unspecified atom stereocenters. The van der Waals surface area contributed by atoms with Crippen LogP contribution in [0.3, 0.4) is 0 Å². The van der Waals surface area contributed by atoms with Gasteiger partial charge in [0, 0.05) is 20.6 Å². The average Bonchev–Trinajstić information content (AvgIpc) is 2.43.